The Morgan fingerprint density at radius 2 is 0.965 bits per heavy atom. The number of hydrogen-bond acceptors (Lipinski definition) is 4. The highest BCUT2D eigenvalue weighted by Gasteiger charge is 2.23. The van der Waals surface area contributed by atoms with Crippen LogP contribution in [0.4, 0.5) is 0 Å². The van der Waals surface area contributed by atoms with Gasteiger partial charge in [0.1, 0.15) is 0 Å². The zero-order chi connectivity index (χ0) is 46.2. The van der Waals surface area contributed by atoms with E-state index in [4.69, 9.17) is 13.7 Å². The van der Waals surface area contributed by atoms with Crippen molar-refractivity contribution in [2.24, 2.45) is 0 Å². The molecule has 0 atom stereocenters. The zero-order valence-corrected chi connectivity index (χ0v) is 30.6. The van der Waals surface area contributed by atoms with Gasteiger partial charge in [0.05, 0.1) is 41.5 Å². The van der Waals surface area contributed by atoms with Gasteiger partial charge in [-0.25, -0.2) is 15.0 Å². The van der Waals surface area contributed by atoms with Gasteiger partial charge in [-0.15, -0.1) is 11.3 Å². The molecule has 6 heteroatoms. The van der Waals surface area contributed by atoms with Gasteiger partial charge in [0, 0.05) is 64.1 Å². The molecular formula is C51H31N5S. The third kappa shape index (κ3) is 4.91. The minimum atomic E-state index is -0.602. The van der Waals surface area contributed by atoms with Gasteiger partial charge in [0.2, 0.25) is 0 Å². The minimum absolute atomic E-state index is 0.0109. The Kier molecular flexibility index (Phi) is 5.18. The quantitative estimate of drug-likeness (QED) is 0.176. The fraction of sp³-hybridized carbons (Fsp3) is 0. The molecule has 0 aliphatic rings. The molecule has 4 heterocycles. The molecule has 0 fully saturated rings. The number of hydrogen-bond donors (Lipinski definition) is 0. The molecule has 0 N–H and O–H groups in total. The summed E-state index contributed by atoms with van der Waals surface area (Å²) >= 11 is 1.57. The van der Waals surface area contributed by atoms with Crippen molar-refractivity contribution in [2.45, 2.75) is 0 Å². The van der Waals surface area contributed by atoms with Crippen molar-refractivity contribution in [2.75, 3.05) is 0 Å². The maximum absolute atomic E-state index is 8.75. The fourth-order valence-corrected chi connectivity index (χ4v) is 9.35. The molecule has 0 saturated heterocycles. The molecule has 12 rings (SSSR count). The molecule has 0 spiro atoms. The number of para-hydroxylation sites is 3. The first-order valence-corrected chi connectivity index (χ1v) is 19.1. The lowest BCUT2D eigenvalue weighted by Crippen LogP contribution is -2.00. The minimum Gasteiger partial charge on any atom is -0.307 e. The standard InChI is InChI=1S/C51H31N5S/c1-4-15-32(16-5-1)49-52-50(33-17-6-2-7-18-33)54-51(53-49)34-27-28-40-45(31-34)57-44-26-14-25-43(46(40)44)56-42-24-13-11-22-37(42)39-30-29-38-36-21-10-12-23-41(36)55(47(38)48(39)56)35-19-8-3-9-20-35/h1-31H/i1D,2D,4D,5D,6D,7D,15D,16D,17D,18D. The maximum atomic E-state index is 8.75. The van der Waals surface area contributed by atoms with Gasteiger partial charge in [-0.05, 0) is 42.5 Å². The molecule has 0 aliphatic carbocycles. The van der Waals surface area contributed by atoms with Gasteiger partial charge < -0.3 is 9.13 Å². The second kappa shape index (κ2) is 12.6. The molecule has 57 heavy (non-hydrogen) atoms. The Morgan fingerprint density at radius 3 is 1.61 bits per heavy atom. The topological polar surface area (TPSA) is 48.5 Å². The smallest absolute Gasteiger partial charge is 0.164 e. The maximum Gasteiger partial charge on any atom is 0.164 e. The van der Waals surface area contributed by atoms with Gasteiger partial charge in [0.15, 0.2) is 17.5 Å². The lowest BCUT2D eigenvalue weighted by Gasteiger charge is -2.14. The van der Waals surface area contributed by atoms with Gasteiger partial charge in [-0.2, -0.15) is 0 Å². The van der Waals surface area contributed by atoms with E-state index in [0.717, 1.165) is 75.2 Å². The number of benzene rings is 8. The monoisotopic (exact) mass is 755 g/mol. The average molecular weight is 756 g/mol. The number of thiophene rings is 1. The van der Waals surface area contributed by atoms with Crippen LogP contribution in [0.3, 0.4) is 0 Å². The summed E-state index contributed by atoms with van der Waals surface area (Å²) in [6.07, 6.45) is 0. The van der Waals surface area contributed by atoms with Crippen molar-refractivity contribution in [1.82, 2.24) is 24.1 Å². The predicted molar refractivity (Wildman–Crippen MR) is 238 cm³/mol. The summed E-state index contributed by atoms with van der Waals surface area (Å²) in [5.74, 6) is -0.613. The summed E-state index contributed by atoms with van der Waals surface area (Å²) in [6, 6.07) is 38.0. The molecule has 0 aliphatic heterocycles. The zero-order valence-electron chi connectivity index (χ0n) is 39.8. The first-order chi connectivity index (χ1) is 32.4. The molecule has 5 nitrogen and oxygen atoms in total. The summed E-state index contributed by atoms with van der Waals surface area (Å²) < 4.78 is 91.5. The van der Waals surface area contributed by atoms with Crippen molar-refractivity contribution >= 4 is 75.1 Å². The molecule has 12 aromatic rings. The van der Waals surface area contributed by atoms with Crippen LogP contribution >= 0.6 is 11.3 Å². The summed E-state index contributed by atoms with van der Waals surface area (Å²) in [6.45, 7) is 0. The molecule has 4 aromatic heterocycles. The number of rotatable bonds is 5. The second-order valence-corrected chi connectivity index (χ2v) is 14.8. The summed E-state index contributed by atoms with van der Waals surface area (Å²) in [5.41, 5.74) is 6.15. The third-order valence-electron chi connectivity index (χ3n) is 10.5. The van der Waals surface area contributed by atoms with E-state index in [1.165, 1.54) is 0 Å². The SMILES string of the molecule is [2H]c1c([2H])c([2H])c(-c2nc(-c3ccc4c(c3)sc3cccc(-n5c6ccccc6c6ccc7c8ccccc8n(-c8ccccc8)c7c65)c34)nc(-c3c([2H])c([2H])c([2H])c([2H])c3[2H])n2)c([2H])c1[2H]. The highest BCUT2D eigenvalue weighted by molar-refractivity contribution is 7.26. The van der Waals surface area contributed by atoms with E-state index in [-0.39, 0.29) is 28.6 Å². The number of aromatic nitrogens is 5. The Balaban J connectivity index is 1.12. The first kappa shape index (κ1) is 23.5. The summed E-state index contributed by atoms with van der Waals surface area (Å²) in [5, 5.41) is 6.48. The molecule has 0 bridgehead atoms. The predicted octanol–water partition coefficient (Wildman–Crippen LogP) is 13.4. The first-order valence-electron chi connectivity index (χ1n) is 23.3. The molecule has 8 aromatic carbocycles. The Hall–Kier alpha value is -7.41. The van der Waals surface area contributed by atoms with Crippen molar-refractivity contribution in [3.8, 4) is 45.5 Å². The molecule has 0 unspecified atom stereocenters. The van der Waals surface area contributed by atoms with Crippen LogP contribution in [0.25, 0.3) is 109 Å². The largest absolute Gasteiger partial charge is 0.307 e. The average Bonchev–Trinajstić information content (AvgIpc) is 4.02. The van der Waals surface area contributed by atoms with Crippen LogP contribution in [0.1, 0.15) is 13.7 Å². The fourth-order valence-electron chi connectivity index (χ4n) is 8.18. The lowest BCUT2D eigenvalue weighted by molar-refractivity contribution is 1.07. The van der Waals surface area contributed by atoms with Gasteiger partial charge in [0.25, 0.3) is 0 Å². The highest BCUT2D eigenvalue weighted by Crippen LogP contribution is 2.45. The van der Waals surface area contributed by atoms with Crippen molar-refractivity contribution in [3.63, 3.8) is 0 Å². The molecular weight excluding hydrogens is 715 g/mol. The van der Waals surface area contributed by atoms with Crippen LogP contribution in [-0.4, -0.2) is 24.1 Å². The molecule has 0 radical (unpaired) electrons. The van der Waals surface area contributed by atoms with E-state index in [0.29, 0.717) is 5.56 Å². The lowest BCUT2D eigenvalue weighted by atomic mass is 10.1. The molecule has 0 amide bonds. The Labute approximate surface area is 345 Å². The van der Waals surface area contributed by atoms with Crippen LogP contribution < -0.4 is 0 Å². The van der Waals surface area contributed by atoms with Crippen LogP contribution in [0, 0.1) is 0 Å². The number of fused-ring (bicyclic) bond motifs is 10. The Bertz CT molecular complexity index is 3980. The van der Waals surface area contributed by atoms with Gasteiger partial charge in [-0.3, -0.25) is 0 Å². The number of nitrogens with zero attached hydrogens (tertiary/aromatic N) is 5. The Morgan fingerprint density at radius 1 is 0.421 bits per heavy atom. The van der Waals surface area contributed by atoms with Crippen LogP contribution in [0.15, 0.2) is 188 Å². The van der Waals surface area contributed by atoms with Crippen LogP contribution in [0.5, 0.6) is 0 Å². The van der Waals surface area contributed by atoms with Crippen molar-refractivity contribution in [1.29, 1.82) is 0 Å². The van der Waals surface area contributed by atoms with Gasteiger partial charge >= 0.3 is 0 Å². The van der Waals surface area contributed by atoms with Crippen LogP contribution in [-0.2, 0) is 0 Å². The normalized spacial score (nSPS) is 14.3. The van der Waals surface area contributed by atoms with E-state index in [1.807, 2.05) is 24.3 Å². The van der Waals surface area contributed by atoms with Crippen LogP contribution in [0.2, 0.25) is 0 Å². The summed E-state index contributed by atoms with van der Waals surface area (Å²) in [7, 11) is 0. The highest BCUT2D eigenvalue weighted by atomic mass is 32.1. The summed E-state index contributed by atoms with van der Waals surface area (Å²) in [4.78, 5) is 13.8. The van der Waals surface area contributed by atoms with E-state index in [1.54, 1.807) is 11.3 Å². The van der Waals surface area contributed by atoms with Crippen molar-refractivity contribution < 1.29 is 13.7 Å². The van der Waals surface area contributed by atoms with E-state index < -0.39 is 60.4 Å². The van der Waals surface area contributed by atoms with E-state index in [2.05, 4.69) is 127 Å². The van der Waals surface area contributed by atoms with Crippen molar-refractivity contribution in [3.05, 3.63) is 188 Å². The molecule has 266 valence electrons. The third-order valence-corrected chi connectivity index (χ3v) is 11.7. The van der Waals surface area contributed by atoms with Gasteiger partial charge in [-0.1, -0.05) is 145 Å². The van der Waals surface area contributed by atoms with E-state index >= 15 is 0 Å². The second-order valence-electron chi connectivity index (χ2n) is 13.7. The molecule has 0 saturated carbocycles. The van der Waals surface area contributed by atoms with E-state index in [9.17, 15) is 0 Å².